The number of hydrogen-bond acceptors (Lipinski definition) is 3. The van der Waals surface area contributed by atoms with Crippen molar-refractivity contribution >= 4 is 5.97 Å². The highest BCUT2D eigenvalue weighted by Gasteiger charge is 2.23. The molecule has 0 amide bonds. The molecule has 1 saturated carbocycles. The van der Waals surface area contributed by atoms with E-state index >= 15 is 0 Å². The van der Waals surface area contributed by atoms with E-state index < -0.39 is 0 Å². The lowest BCUT2D eigenvalue weighted by molar-refractivity contribution is -0.147. The average Bonchev–Trinajstić information content (AvgIpc) is 2.54. The van der Waals surface area contributed by atoms with Crippen molar-refractivity contribution in [2.75, 3.05) is 0 Å². The van der Waals surface area contributed by atoms with Gasteiger partial charge in [0, 0.05) is 19.5 Å². The van der Waals surface area contributed by atoms with Gasteiger partial charge in [0.15, 0.2) is 0 Å². The number of hydrogen-bond donors (Lipinski definition) is 1. The molecule has 1 aliphatic carbocycles. The molecule has 23 heavy (non-hydrogen) atoms. The summed E-state index contributed by atoms with van der Waals surface area (Å²) in [6.45, 7) is 6.92. The fourth-order valence-electron chi connectivity index (χ4n) is 3.48. The Bertz CT molecular complexity index is 475. The van der Waals surface area contributed by atoms with Gasteiger partial charge in [-0.2, -0.15) is 0 Å². The molecule has 1 unspecified atom stereocenters. The number of carbonyl (C=O) groups excluding carboxylic acids is 1. The minimum absolute atomic E-state index is 0.132. The van der Waals surface area contributed by atoms with E-state index in [2.05, 4.69) is 43.4 Å². The van der Waals surface area contributed by atoms with E-state index in [4.69, 9.17) is 4.74 Å². The number of carbonyl (C=O) groups is 1. The molecule has 1 fully saturated rings. The lowest BCUT2D eigenvalue weighted by Gasteiger charge is -2.28. The van der Waals surface area contributed by atoms with E-state index in [9.17, 15) is 4.79 Å². The Morgan fingerprint density at radius 2 is 1.87 bits per heavy atom. The molecule has 0 spiro atoms. The molecular weight excluding hydrogens is 286 g/mol. The molecule has 1 aliphatic rings. The topological polar surface area (TPSA) is 38.3 Å². The molecular formula is C20H31NO2. The van der Waals surface area contributed by atoms with Gasteiger partial charge in [0.1, 0.15) is 6.10 Å². The van der Waals surface area contributed by atoms with E-state index in [1.54, 1.807) is 0 Å². The molecule has 0 aliphatic heterocycles. The highest BCUT2D eigenvalue weighted by atomic mass is 16.5. The summed E-state index contributed by atoms with van der Waals surface area (Å²) in [6, 6.07) is 9.63. The van der Waals surface area contributed by atoms with Gasteiger partial charge in [-0.1, -0.05) is 37.6 Å². The van der Waals surface area contributed by atoms with E-state index in [0.717, 1.165) is 32.2 Å². The molecule has 3 heteroatoms. The first-order valence-corrected chi connectivity index (χ1v) is 9.08. The van der Waals surface area contributed by atoms with Gasteiger partial charge >= 0.3 is 5.97 Å². The van der Waals surface area contributed by atoms with Gasteiger partial charge in [0.25, 0.3) is 0 Å². The number of esters is 1. The second-order valence-electron chi connectivity index (χ2n) is 6.90. The number of rotatable bonds is 7. The van der Waals surface area contributed by atoms with Crippen molar-refractivity contribution in [3.8, 4) is 0 Å². The standard InChI is InChI=1S/C20H31NO2/c1-4-5-15(2)21-14-17-6-8-18(9-7-17)19-10-12-20(13-11-19)23-16(3)22/h6-9,15,19-21H,4-5,10-14H2,1-3H3/t15?,19-,20-. The van der Waals surface area contributed by atoms with E-state index in [1.165, 1.54) is 30.9 Å². The van der Waals surface area contributed by atoms with Crippen LogP contribution in [0.5, 0.6) is 0 Å². The van der Waals surface area contributed by atoms with Crippen LogP contribution in [0.1, 0.15) is 76.3 Å². The van der Waals surface area contributed by atoms with Gasteiger partial charge in [-0.15, -0.1) is 0 Å². The van der Waals surface area contributed by atoms with Crippen molar-refractivity contribution in [1.82, 2.24) is 5.32 Å². The molecule has 1 aromatic carbocycles. The summed E-state index contributed by atoms with van der Waals surface area (Å²) in [5.74, 6) is 0.463. The van der Waals surface area contributed by atoms with E-state index in [-0.39, 0.29) is 12.1 Å². The summed E-state index contributed by atoms with van der Waals surface area (Å²) in [5.41, 5.74) is 2.78. The molecule has 0 heterocycles. The van der Waals surface area contributed by atoms with Crippen molar-refractivity contribution in [2.45, 2.75) is 83.9 Å². The van der Waals surface area contributed by atoms with Gasteiger partial charge in [0.05, 0.1) is 0 Å². The first-order valence-electron chi connectivity index (χ1n) is 9.08. The molecule has 128 valence electrons. The Labute approximate surface area is 140 Å². The number of benzene rings is 1. The minimum Gasteiger partial charge on any atom is -0.463 e. The fraction of sp³-hybridized carbons (Fsp3) is 0.650. The Kier molecular flexibility index (Phi) is 7.10. The maximum atomic E-state index is 11.0. The monoisotopic (exact) mass is 317 g/mol. The first kappa shape index (κ1) is 18.0. The van der Waals surface area contributed by atoms with Crippen LogP contribution in [-0.4, -0.2) is 18.1 Å². The quantitative estimate of drug-likeness (QED) is 0.750. The van der Waals surface area contributed by atoms with Crippen LogP contribution in [0.25, 0.3) is 0 Å². The second kappa shape index (κ2) is 9.07. The molecule has 0 saturated heterocycles. The third-order valence-electron chi connectivity index (χ3n) is 4.83. The van der Waals surface area contributed by atoms with Gasteiger partial charge in [-0.3, -0.25) is 4.79 Å². The second-order valence-corrected chi connectivity index (χ2v) is 6.90. The van der Waals surface area contributed by atoms with Gasteiger partial charge in [0.2, 0.25) is 0 Å². The lowest BCUT2D eigenvalue weighted by Crippen LogP contribution is -2.25. The Morgan fingerprint density at radius 1 is 1.22 bits per heavy atom. The van der Waals surface area contributed by atoms with Crippen LogP contribution in [0, 0.1) is 0 Å². The summed E-state index contributed by atoms with van der Waals surface area (Å²) in [7, 11) is 0. The van der Waals surface area contributed by atoms with Crippen molar-refractivity contribution in [3.63, 3.8) is 0 Å². The fourth-order valence-corrected chi connectivity index (χ4v) is 3.48. The Balaban J connectivity index is 1.80. The molecule has 1 N–H and O–H groups in total. The molecule has 0 aromatic heterocycles. The van der Waals surface area contributed by atoms with Crippen molar-refractivity contribution < 1.29 is 9.53 Å². The molecule has 3 nitrogen and oxygen atoms in total. The zero-order chi connectivity index (χ0) is 16.7. The van der Waals surface area contributed by atoms with Gasteiger partial charge in [-0.05, 0) is 56.1 Å². The SMILES string of the molecule is CCCC(C)NCc1ccc([C@H]2CC[C@H](OC(C)=O)CC2)cc1. The molecule has 0 radical (unpaired) electrons. The normalized spacial score (nSPS) is 22.6. The lowest BCUT2D eigenvalue weighted by atomic mass is 9.82. The minimum atomic E-state index is -0.150. The van der Waals surface area contributed by atoms with Crippen LogP contribution in [0.3, 0.4) is 0 Å². The summed E-state index contributed by atoms with van der Waals surface area (Å²) in [4.78, 5) is 11.0. The molecule has 0 bridgehead atoms. The van der Waals surface area contributed by atoms with Crippen molar-refractivity contribution in [1.29, 1.82) is 0 Å². The van der Waals surface area contributed by atoms with Gasteiger partial charge < -0.3 is 10.1 Å². The molecule has 1 atom stereocenters. The molecule has 2 rings (SSSR count). The molecule has 1 aromatic rings. The maximum absolute atomic E-state index is 11.0. The number of ether oxygens (including phenoxy) is 1. The highest BCUT2D eigenvalue weighted by Crippen LogP contribution is 2.34. The van der Waals surface area contributed by atoms with Crippen LogP contribution < -0.4 is 5.32 Å². The van der Waals surface area contributed by atoms with Crippen LogP contribution in [0.15, 0.2) is 24.3 Å². The zero-order valence-electron chi connectivity index (χ0n) is 14.8. The maximum Gasteiger partial charge on any atom is 0.302 e. The summed E-state index contributed by atoms with van der Waals surface area (Å²) in [5, 5.41) is 3.57. The van der Waals surface area contributed by atoms with Crippen LogP contribution in [0.4, 0.5) is 0 Å². The van der Waals surface area contributed by atoms with E-state index in [1.807, 2.05) is 0 Å². The van der Waals surface area contributed by atoms with Crippen LogP contribution >= 0.6 is 0 Å². The van der Waals surface area contributed by atoms with Gasteiger partial charge in [-0.25, -0.2) is 0 Å². The largest absolute Gasteiger partial charge is 0.463 e. The Morgan fingerprint density at radius 3 is 2.43 bits per heavy atom. The Hall–Kier alpha value is -1.35. The van der Waals surface area contributed by atoms with Crippen LogP contribution in [0.2, 0.25) is 0 Å². The third-order valence-corrected chi connectivity index (χ3v) is 4.83. The van der Waals surface area contributed by atoms with E-state index in [0.29, 0.717) is 12.0 Å². The van der Waals surface area contributed by atoms with Crippen LogP contribution in [-0.2, 0) is 16.1 Å². The van der Waals surface area contributed by atoms with Crippen molar-refractivity contribution in [3.05, 3.63) is 35.4 Å². The third kappa shape index (κ3) is 5.98. The highest BCUT2D eigenvalue weighted by molar-refractivity contribution is 5.66. The predicted molar refractivity (Wildman–Crippen MR) is 94.4 cm³/mol. The average molecular weight is 317 g/mol. The smallest absolute Gasteiger partial charge is 0.302 e. The predicted octanol–water partition coefficient (Wildman–Crippen LogP) is 4.55. The summed E-state index contributed by atoms with van der Waals surface area (Å²) >= 11 is 0. The number of nitrogens with one attached hydrogen (secondary N) is 1. The first-order chi connectivity index (χ1) is 11.1. The zero-order valence-corrected chi connectivity index (χ0v) is 14.8. The van der Waals surface area contributed by atoms with Crippen molar-refractivity contribution in [2.24, 2.45) is 0 Å². The summed E-state index contributed by atoms with van der Waals surface area (Å²) < 4.78 is 5.32. The summed E-state index contributed by atoms with van der Waals surface area (Å²) in [6.07, 6.45) is 6.79.